The maximum Gasteiger partial charge on any atom is 0.296 e. The van der Waals surface area contributed by atoms with Crippen molar-refractivity contribution in [1.29, 1.82) is 0 Å². The first-order valence-electron chi connectivity index (χ1n) is 11.1. The number of fused-ring (bicyclic) bond motifs is 5. The first-order valence-corrected chi connectivity index (χ1v) is 11.9. The van der Waals surface area contributed by atoms with Crippen LogP contribution in [0.4, 0.5) is 5.69 Å². The topological polar surface area (TPSA) is 56.0 Å². The highest BCUT2D eigenvalue weighted by atomic mass is 32.1. The van der Waals surface area contributed by atoms with Gasteiger partial charge in [-0.05, 0) is 54.2 Å². The van der Waals surface area contributed by atoms with E-state index in [-0.39, 0.29) is 16.0 Å². The highest BCUT2D eigenvalue weighted by molar-refractivity contribution is 7.27. The molecule has 0 saturated carbocycles. The van der Waals surface area contributed by atoms with Crippen molar-refractivity contribution < 1.29 is 4.92 Å². The van der Waals surface area contributed by atoms with Crippen LogP contribution >= 0.6 is 11.3 Å². The second-order valence-electron chi connectivity index (χ2n) is 10.2. The molecule has 0 aliphatic carbocycles. The second kappa shape index (κ2) is 7.63. The number of aryl methyl sites for hydroxylation is 2. The molecule has 0 radical (unpaired) electrons. The molecule has 166 valence electrons. The van der Waals surface area contributed by atoms with Gasteiger partial charge in [0.15, 0.2) is 0 Å². The summed E-state index contributed by atoms with van der Waals surface area (Å²) >= 11 is 1.61. The average molecular weight is 455 g/mol. The minimum Gasteiger partial charge on any atom is -0.258 e. The normalized spacial score (nSPS) is 12.2. The maximum absolute atomic E-state index is 11.9. The molecule has 0 fully saturated rings. The third kappa shape index (κ3) is 3.87. The largest absolute Gasteiger partial charge is 0.296 e. The second-order valence-corrected chi connectivity index (χ2v) is 11.2. The van der Waals surface area contributed by atoms with Gasteiger partial charge in [-0.25, -0.2) is 4.98 Å². The Morgan fingerprint density at radius 2 is 1.64 bits per heavy atom. The fourth-order valence-electron chi connectivity index (χ4n) is 4.78. The van der Waals surface area contributed by atoms with Crippen LogP contribution in [0.25, 0.3) is 42.2 Å². The predicted octanol–water partition coefficient (Wildman–Crippen LogP) is 8.38. The van der Waals surface area contributed by atoms with Crippen molar-refractivity contribution in [3.05, 3.63) is 81.5 Å². The third-order valence-corrected chi connectivity index (χ3v) is 7.19. The minimum absolute atomic E-state index is 0.0630. The van der Waals surface area contributed by atoms with E-state index in [2.05, 4.69) is 82.1 Å². The SMILES string of the molecule is Cc1cc(C)cc(-c2ncc([N+](=O)[O-])c3c2sc2c4ccc(CC(C)(C)C)cc4ccc23)c1. The molecule has 3 aromatic carbocycles. The summed E-state index contributed by atoms with van der Waals surface area (Å²) in [6.45, 7) is 10.9. The van der Waals surface area contributed by atoms with Crippen LogP contribution in [0.1, 0.15) is 37.5 Å². The van der Waals surface area contributed by atoms with Gasteiger partial charge < -0.3 is 0 Å². The van der Waals surface area contributed by atoms with Gasteiger partial charge in [0.05, 0.1) is 20.7 Å². The zero-order valence-corrected chi connectivity index (χ0v) is 20.3. The van der Waals surface area contributed by atoms with Crippen molar-refractivity contribution in [2.24, 2.45) is 5.41 Å². The Balaban J connectivity index is 1.83. The van der Waals surface area contributed by atoms with E-state index in [1.54, 1.807) is 11.3 Å². The molecule has 5 rings (SSSR count). The summed E-state index contributed by atoms with van der Waals surface area (Å²) in [5.41, 5.74) is 5.68. The Hall–Kier alpha value is -3.31. The fourth-order valence-corrected chi connectivity index (χ4v) is 6.14. The van der Waals surface area contributed by atoms with Crippen LogP contribution in [-0.2, 0) is 6.42 Å². The summed E-state index contributed by atoms with van der Waals surface area (Å²) < 4.78 is 1.95. The summed E-state index contributed by atoms with van der Waals surface area (Å²) in [4.78, 5) is 16.2. The molecule has 0 amide bonds. The van der Waals surface area contributed by atoms with Crippen LogP contribution in [0.15, 0.2) is 54.7 Å². The lowest BCUT2D eigenvalue weighted by Gasteiger charge is -2.18. The standard InChI is InChI=1S/C28H26N2O2S/c1-16-10-17(2)12-20(11-16)25-27-24(23(15-29-25)30(31)32)22-9-7-19-13-18(14-28(3,4)5)6-8-21(19)26(22)33-27/h6-13,15H,14H2,1-5H3. The number of benzene rings is 3. The molecule has 2 heterocycles. The molecule has 33 heavy (non-hydrogen) atoms. The Morgan fingerprint density at radius 3 is 2.30 bits per heavy atom. The van der Waals surface area contributed by atoms with Crippen molar-refractivity contribution in [1.82, 2.24) is 4.98 Å². The highest BCUT2D eigenvalue weighted by Gasteiger charge is 2.23. The molecule has 4 nitrogen and oxygen atoms in total. The van der Waals surface area contributed by atoms with E-state index in [9.17, 15) is 10.1 Å². The number of nitrogens with zero attached hydrogens (tertiary/aromatic N) is 2. The summed E-state index contributed by atoms with van der Waals surface area (Å²) in [6.07, 6.45) is 2.41. The molecule has 0 aliphatic rings. The first kappa shape index (κ1) is 21.5. The number of nitro groups is 1. The summed E-state index contributed by atoms with van der Waals surface area (Å²) in [5.74, 6) is 0. The Morgan fingerprint density at radius 1 is 0.939 bits per heavy atom. The zero-order chi connectivity index (χ0) is 23.5. The van der Waals surface area contributed by atoms with Crippen LogP contribution in [-0.4, -0.2) is 9.91 Å². The minimum atomic E-state index is -0.316. The Bertz CT molecular complexity index is 1550. The molecular weight excluding hydrogens is 428 g/mol. The number of thiophene rings is 1. The number of rotatable bonds is 3. The lowest BCUT2D eigenvalue weighted by molar-refractivity contribution is -0.383. The average Bonchev–Trinajstić information content (AvgIpc) is 3.10. The van der Waals surface area contributed by atoms with Gasteiger partial charge in [0, 0.05) is 15.6 Å². The summed E-state index contributed by atoms with van der Waals surface area (Å²) in [7, 11) is 0. The van der Waals surface area contributed by atoms with E-state index in [1.807, 2.05) is 6.07 Å². The van der Waals surface area contributed by atoms with Crippen LogP contribution in [0, 0.1) is 29.4 Å². The molecule has 5 aromatic rings. The van der Waals surface area contributed by atoms with E-state index < -0.39 is 0 Å². The van der Waals surface area contributed by atoms with Crippen LogP contribution in [0.3, 0.4) is 0 Å². The number of aromatic nitrogens is 1. The molecule has 0 bridgehead atoms. The predicted molar refractivity (Wildman–Crippen MR) is 139 cm³/mol. The molecule has 0 spiro atoms. The molecule has 5 heteroatoms. The zero-order valence-electron chi connectivity index (χ0n) is 19.5. The van der Waals surface area contributed by atoms with Gasteiger partial charge in [-0.3, -0.25) is 10.1 Å². The molecule has 0 saturated heterocycles. The molecular formula is C28H26N2O2S. The van der Waals surface area contributed by atoms with Crippen molar-refractivity contribution >= 4 is 48.0 Å². The van der Waals surface area contributed by atoms with Gasteiger partial charge in [-0.15, -0.1) is 11.3 Å². The molecule has 0 unspecified atom stereocenters. The number of hydrogen-bond acceptors (Lipinski definition) is 4. The summed E-state index contributed by atoms with van der Waals surface area (Å²) in [5, 5.41) is 15.8. The van der Waals surface area contributed by atoms with E-state index in [4.69, 9.17) is 0 Å². The monoisotopic (exact) mass is 454 g/mol. The van der Waals surface area contributed by atoms with Crippen LogP contribution < -0.4 is 0 Å². The van der Waals surface area contributed by atoms with E-state index in [0.717, 1.165) is 49.0 Å². The first-order chi connectivity index (χ1) is 15.6. The van der Waals surface area contributed by atoms with Gasteiger partial charge >= 0.3 is 0 Å². The van der Waals surface area contributed by atoms with Gasteiger partial charge in [0.2, 0.25) is 0 Å². The van der Waals surface area contributed by atoms with Crippen molar-refractivity contribution in [3.63, 3.8) is 0 Å². The summed E-state index contributed by atoms with van der Waals surface area (Å²) in [6, 6.07) is 17.1. The van der Waals surface area contributed by atoms with E-state index in [0.29, 0.717) is 5.39 Å². The van der Waals surface area contributed by atoms with Crippen molar-refractivity contribution in [3.8, 4) is 11.3 Å². The molecule has 2 aromatic heterocycles. The van der Waals surface area contributed by atoms with Gasteiger partial charge in [0.1, 0.15) is 6.20 Å². The Kier molecular flexibility index (Phi) is 4.98. The van der Waals surface area contributed by atoms with E-state index >= 15 is 0 Å². The van der Waals surface area contributed by atoms with Crippen molar-refractivity contribution in [2.75, 3.05) is 0 Å². The molecule has 0 N–H and O–H groups in total. The van der Waals surface area contributed by atoms with Gasteiger partial charge in [-0.1, -0.05) is 68.3 Å². The maximum atomic E-state index is 11.9. The molecule has 0 aliphatic heterocycles. The third-order valence-electron chi connectivity index (χ3n) is 5.95. The number of hydrogen-bond donors (Lipinski definition) is 0. The lowest BCUT2D eigenvalue weighted by Crippen LogP contribution is -2.08. The lowest BCUT2D eigenvalue weighted by atomic mass is 9.87. The van der Waals surface area contributed by atoms with Crippen molar-refractivity contribution in [2.45, 2.75) is 41.0 Å². The van der Waals surface area contributed by atoms with Crippen LogP contribution in [0.2, 0.25) is 0 Å². The smallest absolute Gasteiger partial charge is 0.258 e. The quantitative estimate of drug-likeness (QED) is 0.203. The highest BCUT2D eigenvalue weighted by Crippen LogP contribution is 2.45. The van der Waals surface area contributed by atoms with Gasteiger partial charge in [0.25, 0.3) is 5.69 Å². The fraction of sp³-hybridized carbons (Fsp3) is 0.250. The Labute approximate surface area is 197 Å². The number of pyridine rings is 1. The van der Waals surface area contributed by atoms with Crippen LogP contribution in [0.5, 0.6) is 0 Å². The van der Waals surface area contributed by atoms with E-state index in [1.165, 1.54) is 17.1 Å². The molecule has 0 atom stereocenters. The van der Waals surface area contributed by atoms with Gasteiger partial charge in [-0.2, -0.15) is 0 Å².